The molecule has 0 N–H and O–H groups in total. The van der Waals surface area contributed by atoms with E-state index in [0.29, 0.717) is 11.7 Å². The minimum absolute atomic E-state index is 0.215. The Morgan fingerprint density at radius 2 is 2.15 bits per heavy atom. The molecule has 0 spiro atoms. The summed E-state index contributed by atoms with van der Waals surface area (Å²) >= 11 is 4.97. The normalized spacial score (nSPS) is 15.4. The lowest BCUT2D eigenvalue weighted by Crippen LogP contribution is -2.43. The van der Waals surface area contributed by atoms with Crippen LogP contribution in [-0.4, -0.2) is 60.3 Å². The predicted molar refractivity (Wildman–Crippen MR) is 103 cm³/mol. The molecule has 1 saturated heterocycles. The van der Waals surface area contributed by atoms with Crippen molar-refractivity contribution in [3.63, 3.8) is 0 Å². The van der Waals surface area contributed by atoms with Crippen molar-refractivity contribution in [2.24, 2.45) is 0 Å². The minimum atomic E-state index is -0.228. The number of ether oxygens (including phenoxy) is 1. The lowest BCUT2D eigenvalue weighted by Gasteiger charge is -2.28. The summed E-state index contributed by atoms with van der Waals surface area (Å²) in [5.41, 5.74) is 0.870. The van der Waals surface area contributed by atoms with Gasteiger partial charge in [-0.15, -0.1) is 0 Å². The summed E-state index contributed by atoms with van der Waals surface area (Å²) in [6.45, 7) is 4.48. The molecule has 26 heavy (non-hydrogen) atoms. The second kappa shape index (κ2) is 7.83. The number of carbonyl (C=O) groups excluding carboxylic acids is 1. The molecule has 9 heteroatoms. The summed E-state index contributed by atoms with van der Waals surface area (Å²) in [7, 11) is 0. The smallest absolute Gasteiger partial charge is 0.298 e. The highest BCUT2D eigenvalue weighted by atomic mass is 79.9. The van der Waals surface area contributed by atoms with E-state index in [9.17, 15) is 4.79 Å². The zero-order valence-electron chi connectivity index (χ0n) is 13.9. The van der Waals surface area contributed by atoms with Gasteiger partial charge in [0, 0.05) is 36.7 Å². The van der Waals surface area contributed by atoms with Gasteiger partial charge in [-0.1, -0.05) is 32.4 Å². The molecule has 1 aliphatic heterocycles. The fourth-order valence-electron chi connectivity index (χ4n) is 2.81. The maximum atomic E-state index is 12.9. The van der Waals surface area contributed by atoms with Gasteiger partial charge >= 0.3 is 0 Å². The van der Waals surface area contributed by atoms with Crippen molar-refractivity contribution >= 4 is 48.5 Å². The molecule has 136 valence electrons. The van der Waals surface area contributed by atoms with Gasteiger partial charge in [-0.25, -0.2) is 4.98 Å². The lowest BCUT2D eigenvalue weighted by molar-refractivity contribution is 0.0390. The highest BCUT2D eigenvalue weighted by Gasteiger charge is 2.25. The number of fused-ring (bicyclic) bond motifs is 1. The molecule has 0 bridgehead atoms. The standard InChI is InChI=1S/C17H17BrN4O3S/c18-12-1-2-13-15(11-12)26-17(20-13)22(16(23)14-3-4-19-25-14)6-5-21-7-9-24-10-8-21/h1-4,11H,5-10H2. The number of anilines is 1. The average molecular weight is 437 g/mol. The van der Waals surface area contributed by atoms with Gasteiger partial charge in [-0.3, -0.25) is 14.6 Å². The average Bonchev–Trinajstić information content (AvgIpc) is 3.32. The van der Waals surface area contributed by atoms with Crippen LogP contribution in [0.1, 0.15) is 10.6 Å². The van der Waals surface area contributed by atoms with Crippen molar-refractivity contribution in [3.05, 3.63) is 40.7 Å². The Balaban J connectivity index is 1.60. The van der Waals surface area contributed by atoms with Crippen molar-refractivity contribution in [2.45, 2.75) is 0 Å². The quantitative estimate of drug-likeness (QED) is 0.611. The van der Waals surface area contributed by atoms with E-state index in [1.807, 2.05) is 18.2 Å². The van der Waals surface area contributed by atoms with Crippen LogP contribution in [0.25, 0.3) is 10.2 Å². The first kappa shape index (κ1) is 17.6. The fourth-order valence-corrected chi connectivity index (χ4v) is 4.35. The molecule has 0 atom stereocenters. The Kier molecular flexibility index (Phi) is 5.30. The van der Waals surface area contributed by atoms with E-state index in [4.69, 9.17) is 9.26 Å². The molecule has 4 rings (SSSR count). The van der Waals surface area contributed by atoms with Crippen LogP contribution in [0.2, 0.25) is 0 Å². The van der Waals surface area contributed by atoms with Crippen molar-refractivity contribution in [3.8, 4) is 0 Å². The summed E-state index contributed by atoms with van der Waals surface area (Å²) in [6.07, 6.45) is 1.48. The van der Waals surface area contributed by atoms with Crippen molar-refractivity contribution in [2.75, 3.05) is 44.3 Å². The van der Waals surface area contributed by atoms with Gasteiger partial charge in [0.2, 0.25) is 5.76 Å². The Morgan fingerprint density at radius 1 is 1.31 bits per heavy atom. The molecule has 1 fully saturated rings. The number of hydrogen-bond acceptors (Lipinski definition) is 7. The highest BCUT2D eigenvalue weighted by molar-refractivity contribution is 9.10. The zero-order chi connectivity index (χ0) is 17.9. The largest absolute Gasteiger partial charge is 0.379 e. The third-order valence-corrected chi connectivity index (χ3v) is 5.74. The van der Waals surface area contributed by atoms with Crippen molar-refractivity contribution in [1.29, 1.82) is 0 Å². The van der Waals surface area contributed by atoms with Gasteiger partial charge in [0.25, 0.3) is 5.91 Å². The number of benzene rings is 1. The minimum Gasteiger partial charge on any atom is -0.379 e. The number of morpholine rings is 1. The third kappa shape index (κ3) is 3.80. The number of thiazole rings is 1. The molecule has 7 nitrogen and oxygen atoms in total. The Bertz CT molecular complexity index is 893. The Hall–Kier alpha value is -1.81. The number of halogens is 1. The van der Waals surface area contributed by atoms with Crippen molar-refractivity contribution < 1.29 is 14.1 Å². The summed E-state index contributed by atoms with van der Waals surface area (Å²) in [4.78, 5) is 21.5. The first-order chi connectivity index (χ1) is 12.7. The van der Waals surface area contributed by atoms with Crippen LogP contribution in [0.3, 0.4) is 0 Å². The maximum absolute atomic E-state index is 12.9. The van der Waals surface area contributed by atoms with Crippen LogP contribution < -0.4 is 4.90 Å². The SMILES string of the molecule is O=C(c1ccno1)N(CCN1CCOCC1)c1nc2ccc(Br)cc2s1. The van der Waals surface area contributed by atoms with Gasteiger partial charge in [0.05, 0.1) is 29.6 Å². The molecule has 1 aliphatic rings. The second-order valence-electron chi connectivity index (χ2n) is 5.90. The van der Waals surface area contributed by atoms with Crippen molar-refractivity contribution in [1.82, 2.24) is 15.0 Å². The zero-order valence-corrected chi connectivity index (χ0v) is 16.3. The first-order valence-corrected chi connectivity index (χ1v) is 9.90. The van der Waals surface area contributed by atoms with Crippen LogP contribution in [0.5, 0.6) is 0 Å². The van der Waals surface area contributed by atoms with Crippen LogP contribution in [0.15, 0.2) is 39.5 Å². The van der Waals surface area contributed by atoms with E-state index in [1.165, 1.54) is 17.5 Å². The van der Waals surface area contributed by atoms with Gasteiger partial charge in [0.15, 0.2) is 5.13 Å². The molecule has 0 unspecified atom stereocenters. The van der Waals surface area contributed by atoms with E-state index in [-0.39, 0.29) is 11.7 Å². The first-order valence-electron chi connectivity index (χ1n) is 8.29. The molecule has 1 amide bonds. The third-order valence-electron chi connectivity index (χ3n) is 4.21. The fraction of sp³-hybridized carbons (Fsp3) is 0.353. The number of aromatic nitrogens is 2. The molecular weight excluding hydrogens is 420 g/mol. The van der Waals surface area contributed by atoms with Gasteiger partial charge in [-0.2, -0.15) is 0 Å². The van der Waals surface area contributed by atoms with Crippen LogP contribution in [0.4, 0.5) is 5.13 Å². The summed E-state index contributed by atoms with van der Waals surface area (Å²) in [5.74, 6) is -0.0127. The molecule has 2 aromatic heterocycles. The molecule has 3 heterocycles. The van der Waals surface area contributed by atoms with E-state index in [0.717, 1.165) is 47.5 Å². The molecule has 1 aromatic carbocycles. The summed E-state index contributed by atoms with van der Waals surface area (Å²) < 4.78 is 12.5. The number of carbonyl (C=O) groups is 1. The number of amides is 1. The van der Waals surface area contributed by atoms with Crippen LogP contribution in [0, 0.1) is 0 Å². The van der Waals surface area contributed by atoms with Crippen LogP contribution >= 0.6 is 27.3 Å². The molecule has 0 saturated carbocycles. The molecular formula is C17H17BrN4O3S. The number of hydrogen-bond donors (Lipinski definition) is 0. The topological polar surface area (TPSA) is 71.7 Å². The molecule has 0 radical (unpaired) electrons. The van der Waals surface area contributed by atoms with Gasteiger partial charge < -0.3 is 9.26 Å². The summed E-state index contributed by atoms with van der Waals surface area (Å²) in [5, 5.41) is 4.31. The van der Waals surface area contributed by atoms with E-state index in [2.05, 4.69) is 31.0 Å². The van der Waals surface area contributed by atoms with E-state index >= 15 is 0 Å². The van der Waals surface area contributed by atoms with Gasteiger partial charge in [0.1, 0.15) is 0 Å². The Labute approximate surface area is 162 Å². The predicted octanol–water partition coefficient (Wildman–Crippen LogP) is 3.03. The van der Waals surface area contributed by atoms with E-state index in [1.54, 1.807) is 11.0 Å². The molecule has 3 aromatic rings. The maximum Gasteiger partial charge on any atom is 0.298 e. The Morgan fingerprint density at radius 3 is 2.92 bits per heavy atom. The molecule has 0 aliphatic carbocycles. The number of nitrogens with zero attached hydrogens (tertiary/aromatic N) is 4. The van der Waals surface area contributed by atoms with E-state index < -0.39 is 0 Å². The number of rotatable bonds is 5. The second-order valence-corrected chi connectivity index (χ2v) is 7.82. The summed E-state index contributed by atoms with van der Waals surface area (Å²) in [6, 6.07) is 7.48. The highest BCUT2D eigenvalue weighted by Crippen LogP contribution is 2.31. The van der Waals surface area contributed by atoms with Gasteiger partial charge in [-0.05, 0) is 18.2 Å². The monoisotopic (exact) mass is 436 g/mol. The van der Waals surface area contributed by atoms with Crippen LogP contribution in [-0.2, 0) is 4.74 Å². The lowest BCUT2D eigenvalue weighted by atomic mass is 10.3.